The van der Waals surface area contributed by atoms with Crippen molar-refractivity contribution < 1.29 is 9.59 Å². The maximum Gasteiger partial charge on any atom is 0.246 e. The molecule has 1 saturated carbocycles. The summed E-state index contributed by atoms with van der Waals surface area (Å²) in [6, 6.07) is 0. The average molecular weight is 222 g/mol. The molecule has 0 aromatic heterocycles. The van der Waals surface area contributed by atoms with Crippen LogP contribution >= 0.6 is 0 Å². The highest BCUT2D eigenvalue weighted by Gasteiger charge is 2.54. The third kappa shape index (κ3) is 1.62. The van der Waals surface area contributed by atoms with Crippen molar-refractivity contribution in [1.29, 1.82) is 0 Å². The van der Waals surface area contributed by atoms with Gasteiger partial charge in [-0.1, -0.05) is 12.2 Å². The van der Waals surface area contributed by atoms with Crippen molar-refractivity contribution >= 4 is 11.8 Å². The number of carbonyl (C=O) groups excluding carboxylic acids is 2. The van der Waals surface area contributed by atoms with Gasteiger partial charge in [-0.25, -0.2) is 0 Å². The Labute approximate surface area is 95.7 Å². The molecule has 0 radical (unpaired) electrons. The van der Waals surface area contributed by atoms with Gasteiger partial charge in [-0.05, 0) is 32.6 Å². The van der Waals surface area contributed by atoms with Crippen LogP contribution in [0.25, 0.3) is 0 Å². The highest BCUT2D eigenvalue weighted by Crippen LogP contribution is 2.44. The second kappa shape index (κ2) is 3.92. The summed E-state index contributed by atoms with van der Waals surface area (Å²) < 4.78 is 0. The summed E-state index contributed by atoms with van der Waals surface area (Å²) in [4.78, 5) is 25.6. The molecule has 4 heteroatoms. The van der Waals surface area contributed by atoms with Crippen molar-refractivity contribution in [3.63, 3.8) is 0 Å². The van der Waals surface area contributed by atoms with Gasteiger partial charge in [0, 0.05) is 6.54 Å². The first-order valence-electron chi connectivity index (χ1n) is 5.80. The number of carbonyl (C=O) groups is 2. The zero-order chi connectivity index (χ0) is 11.8. The second-order valence-corrected chi connectivity index (χ2v) is 4.68. The first-order chi connectivity index (χ1) is 7.60. The lowest BCUT2D eigenvalue weighted by Crippen LogP contribution is -2.66. The maximum absolute atomic E-state index is 12.0. The number of hydrogen-bond acceptors (Lipinski definition) is 2. The largest absolute Gasteiger partial charge is 0.345 e. The van der Waals surface area contributed by atoms with E-state index in [9.17, 15) is 9.59 Å². The fourth-order valence-corrected chi connectivity index (χ4v) is 2.37. The molecular weight excluding hydrogens is 204 g/mol. The molecule has 1 aliphatic carbocycles. The van der Waals surface area contributed by atoms with E-state index in [0.29, 0.717) is 12.5 Å². The van der Waals surface area contributed by atoms with E-state index < -0.39 is 5.54 Å². The zero-order valence-corrected chi connectivity index (χ0v) is 9.82. The molecule has 2 fully saturated rings. The summed E-state index contributed by atoms with van der Waals surface area (Å²) in [5.74, 6) is 0.355. The number of nitrogens with one attached hydrogen (secondary N) is 1. The number of hydrogen-bond donors (Lipinski definition) is 1. The van der Waals surface area contributed by atoms with Crippen LogP contribution in [0.2, 0.25) is 0 Å². The van der Waals surface area contributed by atoms with Crippen LogP contribution in [0.5, 0.6) is 0 Å². The van der Waals surface area contributed by atoms with Gasteiger partial charge in [-0.15, -0.1) is 0 Å². The Morgan fingerprint density at radius 3 is 2.75 bits per heavy atom. The van der Waals surface area contributed by atoms with Crippen molar-refractivity contribution in [1.82, 2.24) is 10.2 Å². The summed E-state index contributed by atoms with van der Waals surface area (Å²) in [5, 5.41) is 2.70. The van der Waals surface area contributed by atoms with Crippen molar-refractivity contribution in [2.75, 3.05) is 13.1 Å². The SMILES string of the molecule is C/C=C/CN1C(=O)CNC(=O)C1(C)C1CC1. The lowest BCUT2D eigenvalue weighted by atomic mass is 9.90. The fourth-order valence-electron chi connectivity index (χ4n) is 2.37. The predicted molar refractivity (Wildman–Crippen MR) is 60.7 cm³/mol. The van der Waals surface area contributed by atoms with Crippen molar-refractivity contribution in [2.24, 2.45) is 5.92 Å². The molecule has 1 saturated heterocycles. The summed E-state index contributed by atoms with van der Waals surface area (Å²) in [5.41, 5.74) is -0.630. The Morgan fingerprint density at radius 1 is 1.50 bits per heavy atom. The van der Waals surface area contributed by atoms with Crippen LogP contribution in [0, 0.1) is 5.92 Å². The maximum atomic E-state index is 12.0. The van der Waals surface area contributed by atoms with E-state index in [1.165, 1.54) is 0 Å². The molecule has 1 atom stereocenters. The average Bonchev–Trinajstić information content (AvgIpc) is 3.08. The molecule has 4 nitrogen and oxygen atoms in total. The van der Waals surface area contributed by atoms with Crippen LogP contribution in [0.1, 0.15) is 26.7 Å². The van der Waals surface area contributed by atoms with Gasteiger partial charge in [-0.2, -0.15) is 0 Å². The Kier molecular flexibility index (Phi) is 2.74. The van der Waals surface area contributed by atoms with Gasteiger partial charge < -0.3 is 10.2 Å². The summed E-state index contributed by atoms with van der Waals surface area (Å²) in [7, 11) is 0. The minimum Gasteiger partial charge on any atom is -0.345 e. The molecule has 0 bridgehead atoms. The van der Waals surface area contributed by atoms with Crippen LogP contribution in [0.15, 0.2) is 12.2 Å². The molecule has 1 unspecified atom stereocenters. The van der Waals surface area contributed by atoms with Crippen LogP contribution in [0.3, 0.4) is 0 Å². The zero-order valence-electron chi connectivity index (χ0n) is 9.82. The van der Waals surface area contributed by atoms with E-state index in [4.69, 9.17) is 0 Å². The molecule has 0 spiro atoms. The number of nitrogens with zero attached hydrogens (tertiary/aromatic N) is 1. The monoisotopic (exact) mass is 222 g/mol. The Balaban J connectivity index is 2.26. The van der Waals surface area contributed by atoms with Crippen molar-refractivity contribution in [3.8, 4) is 0 Å². The molecule has 2 rings (SSSR count). The van der Waals surface area contributed by atoms with Crippen LogP contribution in [-0.4, -0.2) is 35.3 Å². The highest BCUT2D eigenvalue weighted by atomic mass is 16.2. The standard InChI is InChI=1S/C12H18N2O2/c1-3-4-7-14-10(15)8-13-11(16)12(14,2)9-5-6-9/h3-4,9H,5-8H2,1-2H3,(H,13,16)/b4-3+. The Bertz CT molecular complexity index is 347. The molecular formula is C12H18N2O2. The predicted octanol–water partition coefficient (Wildman–Crippen LogP) is 0.690. The van der Waals surface area contributed by atoms with Gasteiger partial charge in [0.1, 0.15) is 5.54 Å². The van der Waals surface area contributed by atoms with Gasteiger partial charge in [0.25, 0.3) is 0 Å². The number of piperazine rings is 1. The van der Waals surface area contributed by atoms with Gasteiger partial charge >= 0.3 is 0 Å². The summed E-state index contributed by atoms with van der Waals surface area (Å²) >= 11 is 0. The lowest BCUT2D eigenvalue weighted by Gasteiger charge is -2.43. The van der Waals surface area contributed by atoms with Crippen molar-refractivity contribution in [2.45, 2.75) is 32.2 Å². The third-order valence-electron chi connectivity index (χ3n) is 3.62. The van der Waals surface area contributed by atoms with E-state index in [-0.39, 0.29) is 18.4 Å². The number of amides is 2. The van der Waals surface area contributed by atoms with Gasteiger partial charge in [0.2, 0.25) is 11.8 Å². The van der Waals surface area contributed by atoms with Gasteiger partial charge in [-0.3, -0.25) is 9.59 Å². The molecule has 1 aliphatic heterocycles. The Morgan fingerprint density at radius 2 is 2.19 bits per heavy atom. The molecule has 88 valence electrons. The molecule has 16 heavy (non-hydrogen) atoms. The lowest BCUT2D eigenvalue weighted by molar-refractivity contribution is -0.153. The summed E-state index contributed by atoms with van der Waals surface area (Å²) in [6.07, 6.45) is 5.93. The Hall–Kier alpha value is -1.32. The van der Waals surface area contributed by atoms with Gasteiger partial charge in [0.15, 0.2) is 0 Å². The van der Waals surface area contributed by atoms with Gasteiger partial charge in [0.05, 0.1) is 6.54 Å². The number of rotatable bonds is 3. The van der Waals surface area contributed by atoms with E-state index in [2.05, 4.69) is 5.32 Å². The van der Waals surface area contributed by atoms with E-state index in [0.717, 1.165) is 12.8 Å². The normalized spacial score (nSPS) is 31.0. The fraction of sp³-hybridized carbons (Fsp3) is 0.667. The van der Waals surface area contributed by atoms with E-state index >= 15 is 0 Å². The minimum absolute atomic E-state index is 0.000830. The number of allylic oxidation sites excluding steroid dienone is 1. The first kappa shape index (κ1) is 11.2. The van der Waals surface area contributed by atoms with Crippen LogP contribution in [-0.2, 0) is 9.59 Å². The van der Waals surface area contributed by atoms with Crippen molar-refractivity contribution in [3.05, 3.63) is 12.2 Å². The second-order valence-electron chi connectivity index (χ2n) is 4.68. The highest BCUT2D eigenvalue weighted by molar-refractivity contribution is 5.98. The molecule has 1 heterocycles. The molecule has 0 aromatic rings. The molecule has 1 N–H and O–H groups in total. The minimum atomic E-state index is -0.630. The topological polar surface area (TPSA) is 49.4 Å². The van der Waals surface area contributed by atoms with E-state index in [1.54, 1.807) is 4.90 Å². The summed E-state index contributed by atoms with van der Waals surface area (Å²) in [6.45, 7) is 4.48. The molecule has 2 aliphatic rings. The molecule has 0 aromatic carbocycles. The third-order valence-corrected chi connectivity index (χ3v) is 3.62. The molecule has 2 amide bonds. The smallest absolute Gasteiger partial charge is 0.246 e. The van der Waals surface area contributed by atoms with E-state index in [1.807, 2.05) is 26.0 Å². The van der Waals surface area contributed by atoms with Crippen LogP contribution < -0.4 is 5.32 Å². The first-order valence-corrected chi connectivity index (χ1v) is 5.80. The van der Waals surface area contributed by atoms with Crippen LogP contribution in [0.4, 0.5) is 0 Å². The quantitative estimate of drug-likeness (QED) is 0.714.